The van der Waals surface area contributed by atoms with Crippen molar-refractivity contribution in [2.24, 2.45) is 0 Å². The van der Waals surface area contributed by atoms with Crippen molar-refractivity contribution in [3.8, 4) is 5.75 Å². The number of fused-ring (bicyclic) bond motifs is 2. The number of ether oxygens (including phenoxy) is 2. The average molecular weight is 384 g/mol. The van der Waals surface area contributed by atoms with Gasteiger partial charge >= 0.3 is 0 Å². The molecule has 3 aromatic rings. The van der Waals surface area contributed by atoms with Gasteiger partial charge in [0.25, 0.3) is 11.2 Å². The first kappa shape index (κ1) is 17.6. The van der Waals surface area contributed by atoms with Crippen molar-refractivity contribution in [3.63, 3.8) is 0 Å². The van der Waals surface area contributed by atoms with Crippen LogP contribution in [0.1, 0.15) is 16.7 Å². The molecule has 2 aromatic carbocycles. The van der Waals surface area contributed by atoms with Crippen molar-refractivity contribution < 1.29 is 14.4 Å². The van der Waals surface area contributed by atoms with E-state index < -0.39 is 4.92 Å². The molecule has 2 heterocycles. The minimum Gasteiger partial charge on any atom is -0.467 e. The largest absolute Gasteiger partial charge is 0.467 e. The van der Waals surface area contributed by atoms with E-state index in [0.717, 1.165) is 16.5 Å². The molecule has 8 heteroatoms. The van der Waals surface area contributed by atoms with E-state index >= 15 is 0 Å². The van der Waals surface area contributed by atoms with E-state index in [1.807, 2.05) is 30.3 Å². The molecule has 0 atom stereocenters. The number of nitrogens with zero attached hydrogens (tertiary/aromatic N) is 1. The summed E-state index contributed by atoms with van der Waals surface area (Å²) in [4.78, 5) is 25.9. The number of aromatic amines is 1. The number of nitro benzene ring substituents is 1. The Morgan fingerprint density at radius 3 is 2.81 bits per heavy atom. The maximum absolute atomic E-state index is 12.3. The maximum atomic E-state index is 12.3. The Kier molecular flexibility index (Phi) is 4.83. The summed E-state index contributed by atoms with van der Waals surface area (Å²) in [5.41, 5.74) is 2.79. The van der Waals surface area contributed by atoms with Crippen LogP contribution < -0.4 is 10.3 Å². The smallest absolute Gasteiger partial charge is 0.270 e. The van der Waals surface area contributed by atoms with E-state index in [-0.39, 0.29) is 18.0 Å². The summed E-state index contributed by atoms with van der Waals surface area (Å²) in [5.74, 6) is 1.64. The lowest BCUT2D eigenvalue weighted by Crippen LogP contribution is -2.14. The van der Waals surface area contributed by atoms with Crippen molar-refractivity contribution >= 4 is 28.4 Å². The van der Waals surface area contributed by atoms with Crippen molar-refractivity contribution in [1.82, 2.24) is 4.98 Å². The van der Waals surface area contributed by atoms with Crippen LogP contribution in [0.15, 0.2) is 47.3 Å². The van der Waals surface area contributed by atoms with Gasteiger partial charge < -0.3 is 14.5 Å². The summed E-state index contributed by atoms with van der Waals surface area (Å²) < 4.78 is 10.8. The molecule has 27 heavy (non-hydrogen) atoms. The van der Waals surface area contributed by atoms with Crippen LogP contribution in [0.3, 0.4) is 0 Å². The summed E-state index contributed by atoms with van der Waals surface area (Å²) >= 11 is 1.51. The zero-order chi connectivity index (χ0) is 18.8. The topological polar surface area (TPSA) is 94.5 Å². The fourth-order valence-corrected chi connectivity index (χ4v) is 4.03. The van der Waals surface area contributed by atoms with Gasteiger partial charge in [-0.1, -0.05) is 18.2 Å². The molecule has 1 aliphatic rings. The fraction of sp³-hybridized carbons (Fsp3) is 0.211. The predicted octanol–water partition coefficient (Wildman–Crippen LogP) is 3.74. The van der Waals surface area contributed by atoms with Gasteiger partial charge in [0.05, 0.1) is 11.5 Å². The van der Waals surface area contributed by atoms with Crippen molar-refractivity contribution in [1.29, 1.82) is 0 Å². The van der Waals surface area contributed by atoms with Crippen LogP contribution in [0.4, 0.5) is 5.69 Å². The summed E-state index contributed by atoms with van der Waals surface area (Å²) in [7, 11) is 0. The molecule has 0 unspecified atom stereocenters. The molecule has 0 bridgehead atoms. The van der Waals surface area contributed by atoms with Gasteiger partial charge in [0.15, 0.2) is 6.79 Å². The van der Waals surface area contributed by atoms with E-state index in [1.165, 1.54) is 23.9 Å². The lowest BCUT2D eigenvalue weighted by molar-refractivity contribution is -0.385. The highest BCUT2D eigenvalue weighted by Gasteiger charge is 2.21. The average Bonchev–Trinajstić information content (AvgIpc) is 2.68. The third kappa shape index (κ3) is 3.67. The summed E-state index contributed by atoms with van der Waals surface area (Å²) in [6.07, 6.45) is 0. The van der Waals surface area contributed by atoms with Gasteiger partial charge in [-0.2, -0.15) is 11.8 Å². The zero-order valence-electron chi connectivity index (χ0n) is 14.3. The molecule has 0 saturated heterocycles. The van der Waals surface area contributed by atoms with Crippen LogP contribution >= 0.6 is 11.8 Å². The third-order valence-electron chi connectivity index (χ3n) is 4.33. The number of aromatic nitrogens is 1. The van der Waals surface area contributed by atoms with Gasteiger partial charge in [0.1, 0.15) is 5.75 Å². The van der Waals surface area contributed by atoms with E-state index in [2.05, 4.69) is 4.98 Å². The number of nitro groups is 1. The highest BCUT2D eigenvalue weighted by molar-refractivity contribution is 7.97. The van der Waals surface area contributed by atoms with Gasteiger partial charge in [-0.15, -0.1) is 0 Å². The normalized spacial score (nSPS) is 13.2. The molecule has 1 aromatic heterocycles. The highest BCUT2D eigenvalue weighted by Crippen LogP contribution is 2.35. The second-order valence-corrected chi connectivity index (χ2v) is 7.15. The van der Waals surface area contributed by atoms with Crippen LogP contribution in [0.2, 0.25) is 0 Å². The standard InChI is InChI=1S/C19H16N2O5S/c22-19-15(5-12-3-1-2-4-17(12)20-19)10-27-9-14-7-16(21(23)24)6-13-8-25-11-26-18(13)14/h1-7H,8-11H2,(H,20,22). The maximum Gasteiger partial charge on any atom is 0.270 e. The Balaban J connectivity index is 1.55. The van der Waals surface area contributed by atoms with Gasteiger partial charge in [0, 0.05) is 45.8 Å². The molecular weight excluding hydrogens is 368 g/mol. The molecule has 138 valence electrons. The number of thioether (sulfide) groups is 1. The van der Waals surface area contributed by atoms with Gasteiger partial charge in [-0.25, -0.2) is 0 Å². The fourth-order valence-electron chi connectivity index (χ4n) is 3.06. The van der Waals surface area contributed by atoms with Crippen LogP contribution in [-0.2, 0) is 22.8 Å². The Morgan fingerprint density at radius 2 is 1.96 bits per heavy atom. The molecule has 1 aliphatic heterocycles. The Bertz CT molecular complexity index is 1080. The minimum absolute atomic E-state index is 0.0157. The monoisotopic (exact) mass is 384 g/mol. The number of pyridine rings is 1. The number of non-ortho nitro benzene ring substituents is 1. The number of nitrogens with one attached hydrogen (secondary N) is 1. The first-order chi connectivity index (χ1) is 13.1. The molecule has 0 fully saturated rings. The van der Waals surface area contributed by atoms with Crippen LogP contribution in [0.5, 0.6) is 5.75 Å². The molecule has 0 saturated carbocycles. The summed E-state index contributed by atoms with van der Waals surface area (Å²) in [6, 6.07) is 12.5. The third-order valence-corrected chi connectivity index (χ3v) is 5.36. The molecule has 4 rings (SSSR count). The zero-order valence-corrected chi connectivity index (χ0v) is 15.1. The molecule has 0 amide bonds. The predicted molar refractivity (Wildman–Crippen MR) is 103 cm³/mol. The quantitative estimate of drug-likeness (QED) is 0.532. The lowest BCUT2D eigenvalue weighted by Gasteiger charge is -2.20. The molecule has 0 radical (unpaired) electrons. The summed E-state index contributed by atoms with van der Waals surface area (Å²) in [6.45, 7) is 0.422. The van der Waals surface area contributed by atoms with E-state index in [1.54, 1.807) is 0 Å². The number of hydrogen-bond acceptors (Lipinski definition) is 6. The van der Waals surface area contributed by atoms with Crippen LogP contribution in [0.25, 0.3) is 10.9 Å². The molecular formula is C19H16N2O5S. The first-order valence-corrected chi connectivity index (χ1v) is 9.47. The van der Waals surface area contributed by atoms with Gasteiger partial charge in [0.2, 0.25) is 0 Å². The number of hydrogen-bond donors (Lipinski definition) is 1. The van der Waals surface area contributed by atoms with Crippen molar-refractivity contribution in [3.05, 3.63) is 79.6 Å². The SMILES string of the molecule is O=c1[nH]c2ccccc2cc1CSCc1cc([N+](=O)[O-])cc2c1OCOC2. The minimum atomic E-state index is -0.420. The molecule has 0 spiro atoms. The van der Waals surface area contributed by atoms with E-state index in [0.29, 0.717) is 35.0 Å². The number of H-pyrrole nitrogens is 1. The van der Waals surface area contributed by atoms with Gasteiger partial charge in [-0.3, -0.25) is 14.9 Å². The highest BCUT2D eigenvalue weighted by atomic mass is 32.2. The Morgan fingerprint density at radius 1 is 1.15 bits per heavy atom. The Hall–Kier alpha value is -2.84. The lowest BCUT2D eigenvalue weighted by atomic mass is 10.1. The second kappa shape index (κ2) is 7.42. The van der Waals surface area contributed by atoms with Gasteiger partial charge in [-0.05, 0) is 17.5 Å². The molecule has 0 aliphatic carbocycles. The van der Waals surface area contributed by atoms with Crippen molar-refractivity contribution in [2.75, 3.05) is 6.79 Å². The second-order valence-electron chi connectivity index (χ2n) is 6.16. The Labute approximate surface area is 158 Å². The number of benzene rings is 2. The molecule has 7 nitrogen and oxygen atoms in total. The van der Waals surface area contributed by atoms with Crippen LogP contribution in [-0.4, -0.2) is 16.7 Å². The molecule has 1 N–H and O–H groups in total. The van der Waals surface area contributed by atoms with Crippen molar-refractivity contribution in [2.45, 2.75) is 18.1 Å². The van der Waals surface area contributed by atoms with E-state index in [4.69, 9.17) is 9.47 Å². The van der Waals surface area contributed by atoms with Crippen LogP contribution in [0, 0.1) is 10.1 Å². The first-order valence-electron chi connectivity index (χ1n) is 8.31. The number of rotatable bonds is 5. The summed E-state index contributed by atoms with van der Waals surface area (Å²) in [5, 5.41) is 12.1. The van der Waals surface area contributed by atoms with E-state index in [9.17, 15) is 14.9 Å². The number of para-hydroxylation sites is 1.